The Hall–Kier alpha value is -4.29. The first-order valence-electron chi connectivity index (χ1n) is 10.7. The second-order valence-corrected chi connectivity index (χ2v) is 8.15. The molecule has 3 heteroatoms. The highest BCUT2D eigenvalue weighted by Gasteiger charge is 2.25. The average Bonchev–Trinajstić information content (AvgIpc) is 3.00. The van der Waals surface area contributed by atoms with Gasteiger partial charge in [0, 0.05) is 22.2 Å². The normalized spacial score (nSPS) is 11.7. The van der Waals surface area contributed by atoms with Crippen molar-refractivity contribution in [1.29, 1.82) is 5.26 Å². The first-order chi connectivity index (χ1) is 15.7. The molecule has 0 fully saturated rings. The molecule has 0 atom stereocenters. The van der Waals surface area contributed by atoms with Gasteiger partial charge in [-0.1, -0.05) is 54.6 Å². The predicted octanol–water partition coefficient (Wildman–Crippen LogP) is 7.56. The van der Waals surface area contributed by atoms with Gasteiger partial charge in [0.25, 0.3) is 0 Å². The minimum absolute atomic E-state index is 0.652. The summed E-state index contributed by atoms with van der Waals surface area (Å²) >= 11 is 0. The van der Waals surface area contributed by atoms with Crippen LogP contribution in [0.5, 0.6) is 11.5 Å². The van der Waals surface area contributed by atoms with E-state index in [9.17, 15) is 5.26 Å². The summed E-state index contributed by atoms with van der Waals surface area (Å²) in [5.74, 6) is 1.72. The molecular weight excluding hydrogens is 392 g/mol. The highest BCUT2D eigenvalue weighted by Crippen LogP contribution is 2.50. The number of fused-ring (bicyclic) bond motifs is 7. The molecule has 0 bridgehead atoms. The van der Waals surface area contributed by atoms with Gasteiger partial charge in [-0.3, -0.25) is 0 Å². The zero-order chi connectivity index (χ0) is 21.8. The fourth-order valence-electron chi connectivity index (χ4n) is 4.88. The smallest absolute Gasteiger partial charge is 0.144 e. The molecule has 0 unspecified atom stereocenters. The zero-order valence-corrected chi connectivity index (χ0v) is 17.9. The van der Waals surface area contributed by atoms with Crippen LogP contribution in [-0.2, 0) is 0 Å². The maximum absolute atomic E-state index is 9.71. The molecule has 0 saturated carbocycles. The summed E-state index contributed by atoms with van der Waals surface area (Å²) in [6.45, 7) is 4.24. The Balaban J connectivity index is 1.74. The van der Waals surface area contributed by atoms with Crippen LogP contribution in [0.15, 0.2) is 84.9 Å². The topological polar surface area (TPSA) is 38.0 Å². The van der Waals surface area contributed by atoms with Crippen molar-refractivity contribution in [3.05, 3.63) is 102 Å². The van der Waals surface area contributed by atoms with Crippen molar-refractivity contribution >= 4 is 10.9 Å². The van der Waals surface area contributed by atoms with Gasteiger partial charge in [-0.25, -0.2) is 0 Å². The molecule has 6 rings (SSSR count). The van der Waals surface area contributed by atoms with E-state index in [-0.39, 0.29) is 0 Å². The van der Waals surface area contributed by atoms with E-state index < -0.39 is 0 Å². The van der Waals surface area contributed by atoms with Gasteiger partial charge >= 0.3 is 0 Å². The van der Waals surface area contributed by atoms with Crippen LogP contribution < -0.4 is 4.74 Å². The van der Waals surface area contributed by atoms with Crippen LogP contribution in [0.1, 0.15) is 16.8 Å². The van der Waals surface area contributed by atoms with Crippen LogP contribution in [0.2, 0.25) is 0 Å². The van der Waals surface area contributed by atoms with Crippen molar-refractivity contribution in [3.8, 4) is 45.5 Å². The summed E-state index contributed by atoms with van der Waals surface area (Å²) < 4.78 is 8.84. The van der Waals surface area contributed by atoms with Crippen LogP contribution in [0.25, 0.3) is 38.8 Å². The Morgan fingerprint density at radius 1 is 0.719 bits per heavy atom. The monoisotopic (exact) mass is 412 g/mol. The van der Waals surface area contributed by atoms with E-state index in [1.54, 1.807) is 0 Å². The van der Waals surface area contributed by atoms with E-state index >= 15 is 0 Å². The van der Waals surface area contributed by atoms with Gasteiger partial charge in [0.1, 0.15) is 17.6 Å². The van der Waals surface area contributed by atoms with Gasteiger partial charge in [-0.2, -0.15) is 5.26 Å². The molecule has 0 aliphatic carbocycles. The van der Waals surface area contributed by atoms with Crippen molar-refractivity contribution in [2.45, 2.75) is 13.8 Å². The van der Waals surface area contributed by atoms with Crippen LogP contribution >= 0.6 is 0 Å². The maximum atomic E-state index is 9.71. The van der Waals surface area contributed by atoms with Gasteiger partial charge < -0.3 is 9.30 Å². The number of ether oxygens (including phenoxy) is 1. The first-order valence-corrected chi connectivity index (χ1v) is 10.7. The number of hydrogen-bond acceptors (Lipinski definition) is 2. The number of aromatic nitrogens is 1. The average molecular weight is 412 g/mol. The lowest BCUT2D eigenvalue weighted by molar-refractivity contribution is 0.493. The van der Waals surface area contributed by atoms with E-state index in [1.807, 2.05) is 36.4 Å². The first kappa shape index (κ1) is 18.5. The van der Waals surface area contributed by atoms with E-state index in [0.29, 0.717) is 5.56 Å². The van der Waals surface area contributed by atoms with Crippen molar-refractivity contribution in [2.75, 3.05) is 0 Å². The third-order valence-corrected chi connectivity index (χ3v) is 6.50. The number of rotatable bonds is 1. The van der Waals surface area contributed by atoms with Gasteiger partial charge in [0.2, 0.25) is 0 Å². The predicted molar refractivity (Wildman–Crippen MR) is 128 cm³/mol. The van der Waals surface area contributed by atoms with Crippen molar-refractivity contribution in [1.82, 2.24) is 4.57 Å². The largest absolute Gasteiger partial charge is 0.455 e. The lowest BCUT2D eigenvalue weighted by Crippen LogP contribution is -1.99. The van der Waals surface area contributed by atoms with Crippen molar-refractivity contribution in [2.24, 2.45) is 0 Å². The Morgan fingerprint density at radius 2 is 1.38 bits per heavy atom. The number of aryl methyl sites for hydroxylation is 1. The zero-order valence-electron chi connectivity index (χ0n) is 17.9. The standard InChI is InChI=1S/C29H20N2O/c1-18-19(2)31(25-13-7-3-9-20(25)17-30)26-16-15-24-22-11-5-4-10-21(22)23-12-6-8-14-27(23)32-29(24)28(18)26/h3-16H,1-2H3. The third kappa shape index (κ3) is 2.47. The molecule has 1 aliphatic rings. The summed E-state index contributed by atoms with van der Waals surface area (Å²) in [5.41, 5.74) is 9.35. The fraction of sp³-hybridized carbons (Fsp3) is 0.0690. The highest BCUT2D eigenvalue weighted by molar-refractivity contribution is 6.02. The molecule has 5 aromatic rings. The number of para-hydroxylation sites is 2. The number of benzene rings is 4. The minimum atomic E-state index is 0.652. The molecule has 32 heavy (non-hydrogen) atoms. The molecule has 0 spiro atoms. The molecule has 152 valence electrons. The molecule has 2 heterocycles. The highest BCUT2D eigenvalue weighted by atomic mass is 16.5. The second-order valence-electron chi connectivity index (χ2n) is 8.15. The third-order valence-electron chi connectivity index (χ3n) is 6.50. The van der Waals surface area contributed by atoms with E-state index in [1.165, 1.54) is 5.56 Å². The molecule has 1 aromatic heterocycles. The SMILES string of the molecule is Cc1c(C)n(-c2ccccc2C#N)c2ccc3c(c12)Oc1ccccc1-c1ccccc1-3. The Kier molecular flexibility index (Phi) is 3.96. The fourth-order valence-corrected chi connectivity index (χ4v) is 4.88. The van der Waals surface area contributed by atoms with Crippen LogP contribution in [0.4, 0.5) is 0 Å². The van der Waals surface area contributed by atoms with E-state index in [2.05, 4.69) is 73.0 Å². The van der Waals surface area contributed by atoms with Crippen molar-refractivity contribution in [3.63, 3.8) is 0 Å². The minimum Gasteiger partial charge on any atom is -0.455 e. The van der Waals surface area contributed by atoms with Gasteiger partial charge in [0.15, 0.2) is 0 Å². The summed E-state index contributed by atoms with van der Waals surface area (Å²) in [6.07, 6.45) is 0. The molecule has 0 radical (unpaired) electrons. The molecule has 3 nitrogen and oxygen atoms in total. The molecule has 4 aromatic carbocycles. The summed E-state index contributed by atoms with van der Waals surface area (Å²) in [5, 5.41) is 10.8. The number of nitrogens with zero attached hydrogens (tertiary/aromatic N) is 2. The molecule has 0 saturated heterocycles. The number of nitriles is 1. The summed E-state index contributed by atoms with van der Waals surface area (Å²) in [6, 6.07) is 31.1. The molecular formula is C29H20N2O. The Bertz CT molecular complexity index is 1580. The lowest BCUT2D eigenvalue weighted by Gasteiger charge is -2.13. The lowest BCUT2D eigenvalue weighted by atomic mass is 9.93. The molecule has 1 aliphatic heterocycles. The molecule has 0 N–H and O–H groups in total. The summed E-state index contributed by atoms with van der Waals surface area (Å²) in [4.78, 5) is 0. The van der Waals surface area contributed by atoms with Gasteiger partial charge in [-0.05, 0) is 60.9 Å². The summed E-state index contributed by atoms with van der Waals surface area (Å²) in [7, 11) is 0. The Labute approximate surface area is 186 Å². The quantitative estimate of drug-likeness (QED) is 0.279. The van der Waals surface area contributed by atoms with Crippen LogP contribution in [0, 0.1) is 25.2 Å². The Morgan fingerprint density at radius 3 is 2.16 bits per heavy atom. The maximum Gasteiger partial charge on any atom is 0.144 e. The van der Waals surface area contributed by atoms with Crippen LogP contribution in [0.3, 0.4) is 0 Å². The van der Waals surface area contributed by atoms with E-state index in [0.717, 1.165) is 56.0 Å². The molecule has 0 amide bonds. The van der Waals surface area contributed by atoms with Crippen molar-refractivity contribution < 1.29 is 4.74 Å². The second kappa shape index (κ2) is 6.87. The van der Waals surface area contributed by atoms with Crippen LogP contribution in [-0.4, -0.2) is 4.57 Å². The van der Waals surface area contributed by atoms with Gasteiger partial charge in [0.05, 0.1) is 16.8 Å². The number of hydrogen-bond donors (Lipinski definition) is 0. The van der Waals surface area contributed by atoms with Gasteiger partial charge in [-0.15, -0.1) is 0 Å². The van der Waals surface area contributed by atoms with E-state index in [4.69, 9.17) is 4.74 Å².